The highest BCUT2D eigenvalue weighted by atomic mass is 79.9. The minimum atomic E-state index is -0.266. The second-order valence-corrected chi connectivity index (χ2v) is 8.04. The number of halogens is 1. The van der Waals surface area contributed by atoms with Crippen LogP contribution < -0.4 is 0 Å². The van der Waals surface area contributed by atoms with Gasteiger partial charge in [0.15, 0.2) is 0 Å². The first-order chi connectivity index (χ1) is 13.1. The average Bonchev–Trinajstić information content (AvgIpc) is 2.65. The highest BCUT2D eigenvalue weighted by molar-refractivity contribution is 9.10. The van der Waals surface area contributed by atoms with Gasteiger partial charge < -0.3 is 9.47 Å². The van der Waals surface area contributed by atoms with Crippen LogP contribution in [0.5, 0.6) is 0 Å². The molecule has 4 nitrogen and oxygen atoms in total. The molecular formula is C22H22BrNO3. The number of amides is 1. The van der Waals surface area contributed by atoms with E-state index in [1.807, 2.05) is 35.2 Å². The lowest BCUT2D eigenvalue weighted by Gasteiger charge is -2.43. The number of benzene rings is 2. The quantitative estimate of drug-likeness (QED) is 0.695. The SMILES string of the molecule is Cc1cc(Br)cc(C2=CC3COCC(C2)N3C(=O)OCc2ccccc2)c1. The molecule has 2 aliphatic rings. The van der Waals surface area contributed by atoms with Crippen molar-refractivity contribution in [2.45, 2.75) is 32.0 Å². The van der Waals surface area contributed by atoms with Gasteiger partial charge in [-0.1, -0.05) is 58.4 Å². The van der Waals surface area contributed by atoms with E-state index >= 15 is 0 Å². The number of nitrogens with zero attached hydrogens (tertiary/aromatic N) is 1. The summed E-state index contributed by atoms with van der Waals surface area (Å²) in [6, 6.07) is 16.1. The fraction of sp³-hybridized carbons (Fsp3) is 0.318. The van der Waals surface area contributed by atoms with Crippen molar-refractivity contribution in [2.24, 2.45) is 0 Å². The van der Waals surface area contributed by atoms with Crippen LogP contribution in [0.3, 0.4) is 0 Å². The molecule has 4 rings (SSSR count). The van der Waals surface area contributed by atoms with Crippen LogP contribution in [0.25, 0.3) is 5.57 Å². The number of morpholine rings is 1. The van der Waals surface area contributed by atoms with Crippen LogP contribution in [0.15, 0.2) is 59.1 Å². The summed E-state index contributed by atoms with van der Waals surface area (Å²) in [6.07, 6.45) is 2.66. The van der Waals surface area contributed by atoms with E-state index in [1.165, 1.54) is 16.7 Å². The lowest BCUT2D eigenvalue weighted by atomic mass is 9.89. The minimum Gasteiger partial charge on any atom is -0.445 e. The minimum absolute atomic E-state index is 0.00584. The normalized spacial score (nSPS) is 21.6. The molecule has 2 aliphatic heterocycles. The molecular weight excluding hydrogens is 406 g/mol. The first-order valence-electron chi connectivity index (χ1n) is 9.15. The fourth-order valence-electron chi connectivity index (χ4n) is 3.81. The van der Waals surface area contributed by atoms with Crippen LogP contribution in [-0.2, 0) is 16.1 Å². The van der Waals surface area contributed by atoms with E-state index in [0.29, 0.717) is 13.2 Å². The highest BCUT2D eigenvalue weighted by Gasteiger charge is 2.39. The van der Waals surface area contributed by atoms with Gasteiger partial charge in [-0.2, -0.15) is 0 Å². The van der Waals surface area contributed by atoms with Gasteiger partial charge in [-0.25, -0.2) is 4.79 Å². The summed E-state index contributed by atoms with van der Waals surface area (Å²) in [7, 11) is 0. The van der Waals surface area contributed by atoms with Crippen LogP contribution in [0.1, 0.15) is 23.1 Å². The molecule has 1 saturated heterocycles. The van der Waals surface area contributed by atoms with E-state index in [9.17, 15) is 4.79 Å². The summed E-state index contributed by atoms with van der Waals surface area (Å²) in [5.41, 5.74) is 4.68. The van der Waals surface area contributed by atoms with E-state index in [-0.39, 0.29) is 24.8 Å². The summed E-state index contributed by atoms with van der Waals surface area (Å²) < 4.78 is 12.4. The van der Waals surface area contributed by atoms with Gasteiger partial charge in [-0.3, -0.25) is 4.90 Å². The summed E-state index contributed by atoms with van der Waals surface area (Å²) >= 11 is 3.58. The van der Waals surface area contributed by atoms with E-state index < -0.39 is 0 Å². The van der Waals surface area contributed by atoms with Crippen LogP contribution in [0, 0.1) is 6.92 Å². The number of hydrogen-bond acceptors (Lipinski definition) is 3. The van der Waals surface area contributed by atoms with Crippen LogP contribution in [0.2, 0.25) is 0 Å². The topological polar surface area (TPSA) is 38.8 Å². The second kappa shape index (κ2) is 7.87. The standard InChI is InChI=1S/C22H22BrNO3/c1-15-7-17(9-19(23)8-15)18-10-20-13-26-14-21(11-18)24(20)22(25)27-12-16-5-3-2-4-6-16/h2-10,20-21H,11-14H2,1H3. The predicted octanol–water partition coefficient (Wildman–Crippen LogP) is 4.95. The molecule has 27 heavy (non-hydrogen) atoms. The van der Waals surface area contributed by atoms with Gasteiger partial charge in [0, 0.05) is 4.47 Å². The molecule has 0 radical (unpaired) electrons. The highest BCUT2D eigenvalue weighted by Crippen LogP contribution is 2.34. The van der Waals surface area contributed by atoms with Crippen molar-refractivity contribution in [3.05, 3.63) is 75.8 Å². The first-order valence-corrected chi connectivity index (χ1v) is 9.94. The van der Waals surface area contributed by atoms with E-state index in [2.05, 4.69) is 47.1 Å². The summed E-state index contributed by atoms with van der Waals surface area (Å²) in [5.74, 6) is 0. The largest absolute Gasteiger partial charge is 0.445 e. The molecule has 2 heterocycles. The number of fused-ring (bicyclic) bond motifs is 2. The number of aryl methyl sites for hydroxylation is 1. The summed E-state index contributed by atoms with van der Waals surface area (Å²) in [4.78, 5) is 14.6. The zero-order chi connectivity index (χ0) is 18.8. The van der Waals surface area contributed by atoms with Crippen LogP contribution in [0.4, 0.5) is 4.79 Å². The van der Waals surface area contributed by atoms with E-state index in [4.69, 9.17) is 9.47 Å². The van der Waals surface area contributed by atoms with Crippen molar-refractivity contribution >= 4 is 27.6 Å². The number of ether oxygens (including phenoxy) is 2. The monoisotopic (exact) mass is 427 g/mol. The second-order valence-electron chi connectivity index (χ2n) is 7.12. The maximum Gasteiger partial charge on any atom is 0.411 e. The molecule has 2 atom stereocenters. The fourth-order valence-corrected chi connectivity index (χ4v) is 4.42. The van der Waals surface area contributed by atoms with Crippen molar-refractivity contribution in [1.82, 2.24) is 4.90 Å². The molecule has 0 aromatic heterocycles. The maximum atomic E-state index is 12.7. The average molecular weight is 428 g/mol. The Bertz CT molecular complexity index is 845. The van der Waals surface area contributed by atoms with Crippen molar-refractivity contribution in [3.63, 3.8) is 0 Å². The number of carbonyl (C=O) groups excluding carboxylic acids is 1. The van der Waals surface area contributed by atoms with Gasteiger partial charge in [-0.05, 0) is 47.7 Å². The van der Waals surface area contributed by atoms with Crippen molar-refractivity contribution in [3.8, 4) is 0 Å². The summed E-state index contributed by atoms with van der Waals surface area (Å²) in [5, 5.41) is 0. The third-order valence-corrected chi connectivity index (χ3v) is 5.49. The third kappa shape index (κ3) is 4.09. The molecule has 2 aromatic carbocycles. The molecule has 0 spiro atoms. The summed E-state index contributed by atoms with van der Waals surface area (Å²) in [6.45, 7) is 3.43. The zero-order valence-corrected chi connectivity index (χ0v) is 16.8. The van der Waals surface area contributed by atoms with Crippen LogP contribution in [-0.4, -0.2) is 36.3 Å². The Kier molecular flexibility index (Phi) is 5.32. The lowest BCUT2D eigenvalue weighted by Crippen LogP contribution is -2.56. The van der Waals surface area contributed by atoms with Gasteiger partial charge in [0.1, 0.15) is 6.61 Å². The predicted molar refractivity (Wildman–Crippen MR) is 108 cm³/mol. The van der Waals surface area contributed by atoms with Gasteiger partial charge in [0.05, 0.1) is 25.3 Å². The van der Waals surface area contributed by atoms with Gasteiger partial charge in [0.25, 0.3) is 0 Å². The molecule has 1 fully saturated rings. The van der Waals surface area contributed by atoms with Crippen molar-refractivity contribution < 1.29 is 14.3 Å². The Labute approximate surface area is 167 Å². The molecule has 0 saturated carbocycles. The Hall–Kier alpha value is -2.11. The molecule has 0 aliphatic carbocycles. The number of carbonyl (C=O) groups is 1. The van der Waals surface area contributed by atoms with E-state index in [0.717, 1.165) is 16.5 Å². The lowest BCUT2D eigenvalue weighted by molar-refractivity contribution is -0.0342. The van der Waals surface area contributed by atoms with Crippen molar-refractivity contribution in [2.75, 3.05) is 13.2 Å². The number of hydrogen-bond donors (Lipinski definition) is 0. The molecule has 140 valence electrons. The maximum absolute atomic E-state index is 12.7. The van der Waals surface area contributed by atoms with Gasteiger partial charge >= 0.3 is 6.09 Å². The van der Waals surface area contributed by atoms with E-state index in [1.54, 1.807) is 0 Å². The van der Waals surface area contributed by atoms with Gasteiger partial charge in [0.2, 0.25) is 0 Å². The molecule has 2 bridgehead atoms. The third-order valence-electron chi connectivity index (χ3n) is 5.03. The Morgan fingerprint density at radius 1 is 1.22 bits per heavy atom. The Morgan fingerprint density at radius 2 is 2.04 bits per heavy atom. The molecule has 2 aromatic rings. The molecule has 0 N–H and O–H groups in total. The van der Waals surface area contributed by atoms with Crippen LogP contribution >= 0.6 is 15.9 Å². The Morgan fingerprint density at radius 3 is 2.78 bits per heavy atom. The molecule has 5 heteroatoms. The van der Waals surface area contributed by atoms with Gasteiger partial charge in [-0.15, -0.1) is 0 Å². The smallest absolute Gasteiger partial charge is 0.411 e. The number of rotatable bonds is 3. The molecule has 1 amide bonds. The zero-order valence-electron chi connectivity index (χ0n) is 15.2. The Balaban J connectivity index is 1.52. The molecule has 2 unspecified atom stereocenters. The van der Waals surface area contributed by atoms with Crippen molar-refractivity contribution in [1.29, 1.82) is 0 Å². The first kappa shape index (κ1) is 18.3.